The molecule has 21 heavy (non-hydrogen) atoms. The van der Waals surface area contributed by atoms with Gasteiger partial charge in [-0.15, -0.1) is 0 Å². The molecule has 0 heterocycles. The molecule has 0 bridgehead atoms. The lowest BCUT2D eigenvalue weighted by atomic mass is 10.1. The number of likely N-dealkylation sites (N-methyl/N-ethyl adjacent to an activating group) is 1. The lowest BCUT2D eigenvalue weighted by Gasteiger charge is -2.24. The third-order valence-electron chi connectivity index (χ3n) is 3.42. The molecule has 1 unspecified atom stereocenters. The molecular weight excluding hydrogens is 269 g/mol. The fourth-order valence-corrected chi connectivity index (χ4v) is 2.08. The molecule has 0 spiro atoms. The molecule has 1 aromatic carbocycles. The molecule has 0 fully saturated rings. The highest BCUT2D eigenvalue weighted by Gasteiger charge is 2.20. The first kappa shape index (κ1) is 17.1. The van der Waals surface area contributed by atoms with Gasteiger partial charge in [-0.2, -0.15) is 5.26 Å². The zero-order valence-electron chi connectivity index (χ0n) is 12.6. The fourth-order valence-electron chi connectivity index (χ4n) is 2.08. The van der Waals surface area contributed by atoms with Crippen molar-refractivity contribution in [3.05, 3.63) is 35.1 Å². The standard InChI is InChI=1S/C16H22FN3O/c1-3-5-6-15(19)16(21)20(4-2)11-13-8-7-12(10-18)9-14(13)17/h7-9,15H,3-6,11,19H2,1-2H3. The lowest BCUT2D eigenvalue weighted by Crippen LogP contribution is -2.43. The van der Waals surface area contributed by atoms with Gasteiger partial charge in [0.25, 0.3) is 0 Å². The summed E-state index contributed by atoms with van der Waals surface area (Å²) in [4.78, 5) is 13.8. The zero-order chi connectivity index (χ0) is 15.8. The summed E-state index contributed by atoms with van der Waals surface area (Å²) in [5.41, 5.74) is 6.55. The first-order valence-corrected chi connectivity index (χ1v) is 7.26. The monoisotopic (exact) mass is 291 g/mol. The number of nitrogens with two attached hydrogens (primary N) is 1. The SMILES string of the molecule is CCCCC(N)C(=O)N(CC)Cc1ccc(C#N)cc1F. The Balaban J connectivity index is 2.78. The smallest absolute Gasteiger partial charge is 0.239 e. The highest BCUT2D eigenvalue weighted by Crippen LogP contribution is 2.14. The van der Waals surface area contributed by atoms with Crippen LogP contribution in [0.5, 0.6) is 0 Å². The Labute approximate surface area is 125 Å². The summed E-state index contributed by atoms with van der Waals surface area (Å²) in [6.07, 6.45) is 2.52. The number of hydrogen-bond donors (Lipinski definition) is 1. The van der Waals surface area contributed by atoms with Gasteiger partial charge >= 0.3 is 0 Å². The van der Waals surface area contributed by atoms with Crippen molar-refractivity contribution in [1.29, 1.82) is 5.26 Å². The van der Waals surface area contributed by atoms with Crippen LogP contribution in [0, 0.1) is 17.1 Å². The maximum Gasteiger partial charge on any atom is 0.239 e. The molecule has 1 aromatic rings. The predicted molar refractivity (Wildman–Crippen MR) is 79.7 cm³/mol. The van der Waals surface area contributed by atoms with Gasteiger partial charge in [-0.3, -0.25) is 4.79 Å². The molecular formula is C16H22FN3O. The average molecular weight is 291 g/mol. The van der Waals surface area contributed by atoms with Crippen LogP contribution in [0.2, 0.25) is 0 Å². The van der Waals surface area contributed by atoms with Crippen molar-refractivity contribution in [2.24, 2.45) is 5.73 Å². The largest absolute Gasteiger partial charge is 0.337 e. The number of nitriles is 1. The quantitative estimate of drug-likeness (QED) is 0.839. The number of carbonyl (C=O) groups excluding carboxylic acids is 1. The van der Waals surface area contributed by atoms with Crippen LogP contribution in [-0.2, 0) is 11.3 Å². The van der Waals surface area contributed by atoms with Gasteiger partial charge in [0, 0.05) is 18.7 Å². The Morgan fingerprint density at radius 2 is 2.19 bits per heavy atom. The van der Waals surface area contributed by atoms with Gasteiger partial charge in [0.15, 0.2) is 0 Å². The third-order valence-corrected chi connectivity index (χ3v) is 3.42. The molecule has 4 nitrogen and oxygen atoms in total. The minimum atomic E-state index is -0.536. The maximum absolute atomic E-state index is 13.9. The minimum absolute atomic E-state index is 0.158. The minimum Gasteiger partial charge on any atom is -0.337 e. The van der Waals surface area contributed by atoms with Crippen LogP contribution < -0.4 is 5.73 Å². The van der Waals surface area contributed by atoms with Crippen LogP contribution >= 0.6 is 0 Å². The summed E-state index contributed by atoms with van der Waals surface area (Å²) in [5, 5.41) is 8.73. The number of amides is 1. The van der Waals surface area contributed by atoms with Crippen LogP contribution in [0.15, 0.2) is 18.2 Å². The van der Waals surface area contributed by atoms with Gasteiger partial charge in [0.1, 0.15) is 5.82 Å². The van der Waals surface area contributed by atoms with Crippen LogP contribution in [-0.4, -0.2) is 23.4 Å². The van der Waals surface area contributed by atoms with Crippen molar-refractivity contribution in [3.8, 4) is 6.07 Å². The summed E-state index contributed by atoms with van der Waals surface area (Å²) in [5.74, 6) is -0.628. The number of rotatable bonds is 7. The molecule has 0 aliphatic heterocycles. The Bertz CT molecular complexity index is 525. The molecule has 0 saturated heterocycles. The number of unbranched alkanes of at least 4 members (excludes halogenated alkanes) is 1. The first-order chi connectivity index (χ1) is 10.0. The molecule has 2 N–H and O–H groups in total. The number of carbonyl (C=O) groups is 1. The summed E-state index contributed by atoms with van der Waals surface area (Å²) in [6.45, 7) is 4.53. The highest BCUT2D eigenvalue weighted by molar-refractivity contribution is 5.81. The molecule has 0 radical (unpaired) electrons. The Morgan fingerprint density at radius 3 is 2.71 bits per heavy atom. The van der Waals surface area contributed by atoms with Crippen LogP contribution in [0.4, 0.5) is 4.39 Å². The summed E-state index contributed by atoms with van der Waals surface area (Å²) < 4.78 is 13.9. The molecule has 1 atom stereocenters. The van der Waals surface area contributed by atoms with Gasteiger partial charge in [-0.1, -0.05) is 25.8 Å². The van der Waals surface area contributed by atoms with Crippen molar-refractivity contribution >= 4 is 5.91 Å². The van der Waals surface area contributed by atoms with E-state index < -0.39 is 11.9 Å². The maximum atomic E-state index is 13.9. The Morgan fingerprint density at radius 1 is 1.48 bits per heavy atom. The summed E-state index contributed by atoms with van der Waals surface area (Å²) in [6, 6.07) is 5.63. The molecule has 1 amide bonds. The van der Waals surface area contributed by atoms with Gasteiger partial charge < -0.3 is 10.6 Å². The van der Waals surface area contributed by atoms with Crippen molar-refractivity contribution in [2.75, 3.05) is 6.54 Å². The van der Waals surface area contributed by atoms with Crippen LogP contribution in [0.1, 0.15) is 44.2 Å². The average Bonchev–Trinajstić information content (AvgIpc) is 2.50. The van der Waals surface area contributed by atoms with Crippen molar-refractivity contribution in [2.45, 2.75) is 45.7 Å². The summed E-state index contributed by atoms with van der Waals surface area (Å²) in [7, 11) is 0. The fraction of sp³-hybridized carbons (Fsp3) is 0.500. The van der Waals surface area contributed by atoms with E-state index in [1.54, 1.807) is 17.0 Å². The van der Waals surface area contributed by atoms with E-state index in [2.05, 4.69) is 0 Å². The van der Waals surface area contributed by atoms with E-state index in [0.717, 1.165) is 12.8 Å². The molecule has 0 aromatic heterocycles. The Hall–Kier alpha value is -1.93. The molecule has 0 saturated carbocycles. The van der Waals surface area contributed by atoms with Crippen molar-refractivity contribution < 1.29 is 9.18 Å². The van der Waals surface area contributed by atoms with Crippen molar-refractivity contribution in [1.82, 2.24) is 4.90 Å². The van der Waals surface area contributed by atoms with Gasteiger partial charge in [0.05, 0.1) is 17.7 Å². The van der Waals surface area contributed by atoms with E-state index in [1.807, 2.05) is 19.9 Å². The van der Waals surface area contributed by atoms with E-state index in [4.69, 9.17) is 11.0 Å². The molecule has 1 rings (SSSR count). The molecule has 114 valence electrons. The van der Waals surface area contributed by atoms with E-state index in [-0.39, 0.29) is 18.0 Å². The second-order valence-corrected chi connectivity index (χ2v) is 5.02. The first-order valence-electron chi connectivity index (χ1n) is 7.26. The highest BCUT2D eigenvalue weighted by atomic mass is 19.1. The van der Waals surface area contributed by atoms with E-state index in [0.29, 0.717) is 18.5 Å². The number of halogens is 1. The zero-order valence-corrected chi connectivity index (χ0v) is 12.6. The molecule has 5 heteroatoms. The lowest BCUT2D eigenvalue weighted by molar-refractivity contribution is -0.133. The van der Waals surface area contributed by atoms with E-state index in [1.165, 1.54) is 6.07 Å². The predicted octanol–water partition coefficient (Wildman–Crippen LogP) is 2.56. The van der Waals surface area contributed by atoms with Gasteiger partial charge in [-0.05, 0) is 25.5 Å². The Kier molecular flexibility index (Phi) is 6.83. The second-order valence-electron chi connectivity index (χ2n) is 5.02. The van der Waals surface area contributed by atoms with Crippen molar-refractivity contribution in [3.63, 3.8) is 0 Å². The number of benzene rings is 1. The molecule has 0 aliphatic carbocycles. The van der Waals surface area contributed by atoms with E-state index >= 15 is 0 Å². The normalized spacial score (nSPS) is 11.8. The second kappa shape index (κ2) is 8.38. The van der Waals surface area contributed by atoms with E-state index in [9.17, 15) is 9.18 Å². The van der Waals surface area contributed by atoms with Gasteiger partial charge in [-0.25, -0.2) is 4.39 Å². The van der Waals surface area contributed by atoms with Gasteiger partial charge in [0.2, 0.25) is 5.91 Å². The topological polar surface area (TPSA) is 70.1 Å². The number of hydrogen-bond acceptors (Lipinski definition) is 3. The van der Waals surface area contributed by atoms with Crippen LogP contribution in [0.25, 0.3) is 0 Å². The van der Waals surface area contributed by atoms with Crippen LogP contribution in [0.3, 0.4) is 0 Å². The summed E-state index contributed by atoms with van der Waals surface area (Å²) >= 11 is 0. The third kappa shape index (κ3) is 4.83. The molecule has 0 aliphatic rings. The number of nitrogens with zero attached hydrogens (tertiary/aromatic N) is 2.